The molecule has 0 N–H and O–H groups in total. The van der Waals surface area contributed by atoms with Gasteiger partial charge in [-0.15, -0.1) is 0 Å². The maximum absolute atomic E-state index is 4.92. The summed E-state index contributed by atoms with van der Waals surface area (Å²) in [6, 6.07) is 0. The predicted molar refractivity (Wildman–Crippen MR) is 36.2 cm³/mol. The molecule has 0 bridgehead atoms. The monoisotopic (exact) mass is 115 g/mol. The maximum atomic E-state index is 4.92. The van der Waals surface area contributed by atoms with Gasteiger partial charge in [0.15, 0.2) is 0 Å². The van der Waals surface area contributed by atoms with E-state index in [9.17, 15) is 0 Å². The first-order valence-corrected chi connectivity index (χ1v) is 2.92. The Hall–Kier alpha value is -0.0400. The Morgan fingerprint density at radius 1 is 1.57 bits per heavy atom. The quantitative estimate of drug-likeness (QED) is 0.493. The van der Waals surface area contributed by atoms with Crippen molar-refractivity contribution in [2.24, 2.45) is 5.92 Å². The van der Waals surface area contributed by atoms with Gasteiger partial charge in [-0.1, -0.05) is 32.6 Å². The van der Waals surface area contributed by atoms with Gasteiger partial charge >= 0.3 is 0 Å². The molecule has 0 fully saturated rings. The van der Waals surface area contributed by atoms with Gasteiger partial charge < -0.3 is 0 Å². The van der Waals surface area contributed by atoms with Crippen LogP contribution in [0.3, 0.4) is 0 Å². The molecule has 1 heteroatoms. The number of allylic oxidation sites excluding steroid dienone is 2. The molecular weight excluding hydrogens is 104 g/mol. The van der Waals surface area contributed by atoms with Crippen molar-refractivity contribution in [1.82, 2.24) is 0 Å². The zero-order valence-corrected chi connectivity index (χ0v) is 5.88. The van der Waals surface area contributed by atoms with Gasteiger partial charge in [-0.2, -0.15) is 0 Å². The molecule has 41 valence electrons. The van der Waals surface area contributed by atoms with E-state index in [1.54, 1.807) is 0 Å². The van der Waals surface area contributed by atoms with Crippen molar-refractivity contribution in [3.63, 3.8) is 0 Å². The Bertz CT molecular complexity index is 72.2. The lowest BCUT2D eigenvalue weighted by atomic mass is 10.2. The molecule has 0 nitrogen and oxygen atoms in total. The predicted octanol–water partition coefficient (Wildman–Crippen LogP) is 2.74. The van der Waals surface area contributed by atoms with E-state index in [0.29, 0.717) is 5.92 Å². The summed E-state index contributed by atoms with van der Waals surface area (Å²) in [6.07, 6.45) is 1.97. The average Bonchev–Trinajstić information content (AvgIpc) is 1.65. The lowest BCUT2D eigenvalue weighted by Crippen LogP contribution is -1.82. The van der Waals surface area contributed by atoms with E-state index in [-0.39, 0.29) is 0 Å². The minimum absolute atomic E-state index is 0.542. The summed E-state index contributed by atoms with van der Waals surface area (Å²) in [5.74, 6) is 0.542. The molecular formula is C6H11S. The summed E-state index contributed by atoms with van der Waals surface area (Å²) in [5.41, 5.74) is 0. The summed E-state index contributed by atoms with van der Waals surface area (Å²) in [7, 11) is 0. The van der Waals surface area contributed by atoms with Crippen molar-refractivity contribution in [3.05, 3.63) is 11.0 Å². The summed E-state index contributed by atoms with van der Waals surface area (Å²) in [5, 5.41) is 0. The van der Waals surface area contributed by atoms with Gasteiger partial charge in [0, 0.05) is 4.91 Å². The Labute approximate surface area is 51.0 Å². The van der Waals surface area contributed by atoms with Crippen molar-refractivity contribution >= 4 is 12.6 Å². The van der Waals surface area contributed by atoms with Gasteiger partial charge in [0.2, 0.25) is 0 Å². The highest BCUT2D eigenvalue weighted by molar-refractivity contribution is 7.84. The molecule has 0 aliphatic carbocycles. The molecule has 7 heavy (non-hydrogen) atoms. The third kappa shape index (κ3) is 2.63. The van der Waals surface area contributed by atoms with Gasteiger partial charge in [0.1, 0.15) is 0 Å². The van der Waals surface area contributed by atoms with Crippen LogP contribution in [0.15, 0.2) is 11.0 Å². The SMILES string of the molecule is CC=C([S])C(C)C. The molecule has 0 saturated carbocycles. The van der Waals surface area contributed by atoms with Crippen molar-refractivity contribution in [2.45, 2.75) is 20.8 Å². The van der Waals surface area contributed by atoms with Crippen molar-refractivity contribution in [3.8, 4) is 0 Å². The standard InChI is InChI=1S/C6H11S/c1-4-6(7)5(2)3/h4-5H,1-3H3. The zero-order chi connectivity index (χ0) is 5.86. The molecule has 0 amide bonds. The molecule has 0 rings (SSSR count). The topological polar surface area (TPSA) is 0 Å². The Morgan fingerprint density at radius 2 is 2.00 bits per heavy atom. The van der Waals surface area contributed by atoms with Crippen LogP contribution >= 0.6 is 12.6 Å². The molecule has 0 spiro atoms. The van der Waals surface area contributed by atoms with E-state index in [4.69, 9.17) is 12.6 Å². The minimum Gasteiger partial charge on any atom is -0.0850 e. The first-order chi connectivity index (χ1) is 3.18. The molecule has 0 aromatic rings. The van der Waals surface area contributed by atoms with Crippen LogP contribution in [0.25, 0.3) is 0 Å². The van der Waals surface area contributed by atoms with E-state index < -0.39 is 0 Å². The minimum atomic E-state index is 0.542. The molecule has 1 radical (unpaired) electrons. The van der Waals surface area contributed by atoms with E-state index in [2.05, 4.69) is 13.8 Å². The molecule has 0 aromatic carbocycles. The third-order valence-corrected chi connectivity index (χ3v) is 1.56. The van der Waals surface area contributed by atoms with Crippen LogP contribution in [0.4, 0.5) is 0 Å². The van der Waals surface area contributed by atoms with Gasteiger partial charge in [-0.05, 0) is 12.8 Å². The Morgan fingerprint density at radius 3 is 2.00 bits per heavy atom. The average molecular weight is 115 g/mol. The van der Waals surface area contributed by atoms with Crippen molar-refractivity contribution in [1.29, 1.82) is 0 Å². The first-order valence-electron chi connectivity index (χ1n) is 2.51. The number of hydrogen-bond acceptors (Lipinski definition) is 0. The highest BCUT2D eigenvalue weighted by Gasteiger charge is 1.93. The van der Waals surface area contributed by atoms with E-state index in [1.807, 2.05) is 13.0 Å². The van der Waals surface area contributed by atoms with Gasteiger partial charge in [0.25, 0.3) is 0 Å². The van der Waals surface area contributed by atoms with E-state index >= 15 is 0 Å². The van der Waals surface area contributed by atoms with Gasteiger partial charge in [-0.25, -0.2) is 0 Å². The molecule has 0 atom stereocenters. The second-order valence-electron chi connectivity index (χ2n) is 1.85. The fourth-order valence-electron chi connectivity index (χ4n) is 0.333. The lowest BCUT2D eigenvalue weighted by Gasteiger charge is -1.97. The second kappa shape index (κ2) is 3.03. The van der Waals surface area contributed by atoms with Gasteiger partial charge in [-0.3, -0.25) is 0 Å². The van der Waals surface area contributed by atoms with E-state index in [0.717, 1.165) is 4.91 Å². The van der Waals surface area contributed by atoms with Crippen LogP contribution < -0.4 is 0 Å². The maximum Gasteiger partial charge on any atom is 0.0135 e. The summed E-state index contributed by atoms with van der Waals surface area (Å²) in [6.45, 7) is 6.17. The van der Waals surface area contributed by atoms with Crippen LogP contribution in [0.1, 0.15) is 20.8 Å². The molecule has 0 aliphatic heterocycles. The van der Waals surface area contributed by atoms with Crippen molar-refractivity contribution < 1.29 is 0 Å². The van der Waals surface area contributed by atoms with E-state index in [1.165, 1.54) is 0 Å². The number of rotatable bonds is 1. The van der Waals surface area contributed by atoms with Crippen LogP contribution in [-0.4, -0.2) is 0 Å². The molecule has 0 heterocycles. The summed E-state index contributed by atoms with van der Waals surface area (Å²) >= 11 is 4.92. The largest absolute Gasteiger partial charge is 0.0850 e. The first kappa shape index (κ1) is 6.96. The van der Waals surface area contributed by atoms with Crippen LogP contribution in [0.2, 0.25) is 0 Å². The summed E-state index contributed by atoms with van der Waals surface area (Å²) < 4.78 is 0. The van der Waals surface area contributed by atoms with Gasteiger partial charge in [0.05, 0.1) is 0 Å². The Balaban J connectivity index is 3.56. The summed E-state index contributed by atoms with van der Waals surface area (Å²) in [4.78, 5) is 1.06. The smallest absolute Gasteiger partial charge is 0.0135 e. The molecule has 0 unspecified atom stereocenters. The fourth-order valence-corrected chi connectivity index (χ4v) is 0.333. The second-order valence-corrected chi connectivity index (χ2v) is 2.32. The lowest BCUT2D eigenvalue weighted by molar-refractivity contribution is 0.816. The molecule has 0 saturated heterocycles. The van der Waals surface area contributed by atoms with Crippen LogP contribution in [0.5, 0.6) is 0 Å². The van der Waals surface area contributed by atoms with Crippen molar-refractivity contribution in [2.75, 3.05) is 0 Å². The van der Waals surface area contributed by atoms with Crippen LogP contribution in [0, 0.1) is 5.92 Å². The zero-order valence-electron chi connectivity index (χ0n) is 5.06. The molecule has 0 aromatic heterocycles. The normalized spacial score (nSPS) is 12.9. The highest BCUT2D eigenvalue weighted by atomic mass is 32.1. The highest BCUT2D eigenvalue weighted by Crippen LogP contribution is 2.11. The Kier molecular flexibility index (Phi) is 3.01. The number of hydrogen-bond donors (Lipinski definition) is 0. The van der Waals surface area contributed by atoms with Crippen LogP contribution in [-0.2, 0) is 0 Å². The fraction of sp³-hybridized carbons (Fsp3) is 0.667. The third-order valence-electron chi connectivity index (χ3n) is 0.854. The molecule has 0 aliphatic rings.